The van der Waals surface area contributed by atoms with Gasteiger partial charge in [0, 0.05) is 12.1 Å². The lowest BCUT2D eigenvalue weighted by Crippen LogP contribution is -2.38. The van der Waals surface area contributed by atoms with E-state index in [1.54, 1.807) is 0 Å². The van der Waals surface area contributed by atoms with Gasteiger partial charge in [0.1, 0.15) is 5.76 Å². The van der Waals surface area contributed by atoms with E-state index in [4.69, 9.17) is 4.42 Å². The van der Waals surface area contributed by atoms with E-state index in [0.717, 1.165) is 17.0 Å². The van der Waals surface area contributed by atoms with E-state index in [-0.39, 0.29) is 5.54 Å². The lowest BCUT2D eigenvalue weighted by Gasteiger charge is -2.28. The summed E-state index contributed by atoms with van der Waals surface area (Å²) in [5.74, 6) is 1.66. The minimum absolute atomic E-state index is 0.150. The Balaban J connectivity index is 2.12. The van der Waals surface area contributed by atoms with Crippen LogP contribution in [0, 0.1) is 5.92 Å². The fraction of sp³-hybridized carbons (Fsp3) is 0.647. The van der Waals surface area contributed by atoms with Crippen molar-refractivity contribution in [3.8, 4) is 0 Å². The highest BCUT2D eigenvalue weighted by Gasteiger charge is 2.20. The first-order valence-corrected chi connectivity index (χ1v) is 8.44. The molecule has 1 saturated carbocycles. The van der Waals surface area contributed by atoms with Gasteiger partial charge in [-0.05, 0) is 79.2 Å². The molecule has 1 aliphatic carbocycles. The SMILES string of the molecule is CC(C)(C)NC/C(=C/c1ccc(Br)o1)C1CCCCC1. The molecule has 0 amide bonds. The van der Waals surface area contributed by atoms with Gasteiger partial charge in [0.15, 0.2) is 4.67 Å². The summed E-state index contributed by atoms with van der Waals surface area (Å²) in [4.78, 5) is 0. The fourth-order valence-electron chi connectivity index (χ4n) is 2.74. The molecule has 112 valence electrons. The van der Waals surface area contributed by atoms with Crippen molar-refractivity contribution in [2.24, 2.45) is 5.92 Å². The number of hydrogen-bond donors (Lipinski definition) is 1. The van der Waals surface area contributed by atoms with Crippen LogP contribution in [0.15, 0.2) is 26.8 Å². The largest absolute Gasteiger partial charge is 0.450 e. The zero-order valence-electron chi connectivity index (χ0n) is 12.8. The number of hydrogen-bond acceptors (Lipinski definition) is 2. The summed E-state index contributed by atoms with van der Waals surface area (Å²) in [7, 11) is 0. The van der Waals surface area contributed by atoms with Crippen molar-refractivity contribution in [2.75, 3.05) is 6.54 Å². The molecule has 1 aromatic heterocycles. The van der Waals surface area contributed by atoms with E-state index in [1.165, 1.54) is 37.7 Å². The third-order valence-electron chi connectivity index (χ3n) is 3.87. The van der Waals surface area contributed by atoms with Crippen LogP contribution >= 0.6 is 15.9 Å². The fourth-order valence-corrected chi connectivity index (χ4v) is 3.06. The number of halogens is 1. The van der Waals surface area contributed by atoms with Gasteiger partial charge in [-0.25, -0.2) is 0 Å². The minimum atomic E-state index is 0.150. The molecule has 0 radical (unpaired) electrons. The van der Waals surface area contributed by atoms with Crippen LogP contribution in [0.1, 0.15) is 58.6 Å². The monoisotopic (exact) mass is 339 g/mol. The third kappa shape index (κ3) is 5.10. The van der Waals surface area contributed by atoms with Crippen LogP contribution < -0.4 is 5.32 Å². The van der Waals surface area contributed by atoms with Crippen molar-refractivity contribution in [3.05, 3.63) is 28.1 Å². The van der Waals surface area contributed by atoms with Gasteiger partial charge in [0.05, 0.1) is 0 Å². The lowest BCUT2D eigenvalue weighted by molar-refractivity contribution is 0.377. The molecule has 0 unspecified atom stereocenters. The molecule has 3 heteroatoms. The first kappa shape index (κ1) is 15.8. The molecule has 0 spiro atoms. The highest BCUT2D eigenvalue weighted by molar-refractivity contribution is 9.10. The van der Waals surface area contributed by atoms with Crippen LogP contribution in [-0.4, -0.2) is 12.1 Å². The molecule has 0 atom stereocenters. The molecule has 0 bridgehead atoms. The Hall–Kier alpha value is -0.540. The van der Waals surface area contributed by atoms with Crippen molar-refractivity contribution in [2.45, 2.75) is 58.4 Å². The van der Waals surface area contributed by atoms with Crippen molar-refractivity contribution in [1.29, 1.82) is 0 Å². The second kappa shape index (κ2) is 6.95. The molecule has 20 heavy (non-hydrogen) atoms. The smallest absolute Gasteiger partial charge is 0.169 e. The summed E-state index contributed by atoms with van der Waals surface area (Å²) < 4.78 is 6.45. The number of rotatable bonds is 4. The van der Waals surface area contributed by atoms with Gasteiger partial charge in [-0.3, -0.25) is 0 Å². The van der Waals surface area contributed by atoms with Crippen LogP contribution in [0.4, 0.5) is 0 Å². The molecule has 0 saturated heterocycles. The zero-order chi connectivity index (χ0) is 14.6. The number of furan rings is 1. The Labute approximate surface area is 131 Å². The van der Waals surface area contributed by atoms with Gasteiger partial charge < -0.3 is 9.73 Å². The summed E-state index contributed by atoms with van der Waals surface area (Å²) in [6.45, 7) is 7.60. The van der Waals surface area contributed by atoms with E-state index in [0.29, 0.717) is 5.92 Å². The third-order valence-corrected chi connectivity index (χ3v) is 4.30. The molecule has 1 aliphatic rings. The molecular weight excluding hydrogens is 314 g/mol. The first-order valence-electron chi connectivity index (χ1n) is 7.65. The Morgan fingerprint density at radius 1 is 1.30 bits per heavy atom. The molecule has 2 rings (SSSR count). The van der Waals surface area contributed by atoms with E-state index < -0.39 is 0 Å². The molecule has 0 aliphatic heterocycles. The molecule has 1 fully saturated rings. The molecular formula is C17H26BrNO. The predicted molar refractivity (Wildman–Crippen MR) is 88.7 cm³/mol. The topological polar surface area (TPSA) is 25.2 Å². The minimum Gasteiger partial charge on any atom is -0.450 e. The van der Waals surface area contributed by atoms with Crippen molar-refractivity contribution >= 4 is 22.0 Å². The second-order valence-electron chi connectivity index (χ2n) is 6.80. The van der Waals surface area contributed by atoms with Gasteiger partial charge in [-0.1, -0.05) is 19.3 Å². The Morgan fingerprint density at radius 2 is 2.00 bits per heavy atom. The average Bonchev–Trinajstić information content (AvgIpc) is 2.80. The van der Waals surface area contributed by atoms with Crippen molar-refractivity contribution < 1.29 is 4.42 Å². The number of nitrogens with one attached hydrogen (secondary N) is 1. The summed E-state index contributed by atoms with van der Waals surface area (Å²) >= 11 is 3.38. The van der Waals surface area contributed by atoms with Gasteiger partial charge >= 0.3 is 0 Å². The van der Waals surface area contributed by atoms with Crippen LogP contribution in [0.2, 0.25) is 0 Å². The zero-order valence-corrected chi connectivity index (χ0v) is 14.4. The Morgan fingerprint density at radius 3 is 2.55 bits per heavy atom. The van der Waals surface area contributed by atoms with Crippen molar-refractivity contribution in [3.63, 3.8) is 0 Å². The van der Waals surface area contributed by atoms with Gasteiger partial charge in [0.25, 0.3) is 0 Å². The lowest BCUT2D eigenvalue weighted by atomic mass is 9.83. The molecule has 1 N–H and O–H groups in total. The quantitative estimate of drug-likeness (QED) is 0.794. The highest BCUT2D eigenvalue weighted by atomic mass is 79.9. The maximum atomic E-state index is 5.65. The van der Waals surface area contributed by atoms with Crippen LogP contribution in [0.3, 0.4) is 0 Å². The van der Waals surface area contributed by atoms with Crippen LogP contribution in [-0.2, 0) is 0 Å². The normalized spacial score (nSPS) is 18.5. The Kier molecular flexibility index (Phi) is 5.50. The van der Waals surface area contributed by atoms with E-state index in [9.17, 15) is 0 Å². The van der Waals surface area contributed by atoms with Gasteiger partial charge in [0.2, 0.25) is 0 Å². The van der Waals surface area contributed by atoms with E-state index >= 15 is 0 Å². The van der Waals surface area contributed by atoms with Crippen LogP contribution in [0.25, 0.3) is 6.08 Å². The predicted octanol–water partition coefficient (Wildman–Crippen LogP) is 5.39. The first-order chi connectivity index (χ1) is 9.44. The second-order valence-corrected chi connectivity index (χ2v) is 7.58. The standard InChI is InChI=1S/C17H26BrNO/c1-17(2,3)19-12-14(13-7-5-4-6-8-13)11-15-9-10-16(18)20-15/h9-11,13,19H,4-8,12H2,1-3H3/b14-11-. The van der Waals surface area contributed by atoms with Gasteiger partial charge in [-0.2, -0.15) is 0 Å². The average molecular weight is 340 g/mol. The molecule has 2 nitrogen and oxygen atoms in total. The summed E-state index contributed by atoms with van der Waals surface area (Å²) in [5, 5.41) is 3.62. The van der Waals surface area contributed by atoms with Crippen molar-refractivity contribution in [1.82, 2.24) is 5.32 Å². The maximum Gasteiger partial charge on any atom is 0.169 e. The van der Waals surface area contributed by atoms with E-state index in [2.05, 4.69) is 48.1 Å². The maximum absolute atomic E-state index is 5.65. The highest BCUT2D eigenvalue weighted by Crippen LogP contribution is 2.31. The Bertz CT molecular complexity index is 450. The summed E-state index contributed by atoms with van der Waals surface area (Å²) in [6, 6.07) is 3.99. The van der Waals surface area contributed by atoms with Gasteiger partial charge in [-0.15, -0.1) is 0 Å². The molecule has 1 aromatic rings. The molecule has 0 aromatic carbocycles. The van der Waals surface area contributed by atoms with Crippen LogP contribution in [0.5, 0.6) is 0 Å². The molecule has 1 heterocycles. The summed E-state index contributed by atoms with van der Waals surface area (Å²) in [6.07, 6.45) is 8.99. The van der Waals surface area contributed by atoms with E-state index in [1.807, 2.05) is 12.1 Å². The summed E-state index contributed by atoms with van der Waals surface area (Å²) in [5.41, 5.74) is 1.64.